The molecule has 0 unspecified atom stereocenters. The number of hydrogen-bond acceptors (Lipinski definition) is 4. The van der Waals surface area contributed by atoms with Gasteiger partial charge in [-0.1, -0.05) is 12.8 Å². The molecule has 0 aliphatic heterocycles. The third kappa shape index (κ3) is 4.06. The van der Waals surface area contributed by atoms with E-state index in [1.807, 2.05) is 18.2 Å². The van der Waals surface area contributed by atoms with Crippen LogP contribution in [0.4, 0.5) is 5.69 Å². The van der Waals surface area contributed by atoms with E-state index in [4.69, 9.17) is 10.2 Å². The van der Waals surface area contributed by atoms with Crippen molar-refractivity contribution in [1.82, 2.24) is 4.98 Å². The van der Waals surface area contributed by atoms with Gasteiger partial charge in [-0.25, -0.2) is 4.98 Å². The maximum atomic E-state index is 11.8. The maximum Gasteiger partial charge on any atom is 0.224 e. The van der Waals surface area contributed by atoms with Crippen LogP contribution in [-0.4, -0.2) is 17.4 Å². The number of hydrogen-bond donors (Lipinski definition) is 2. The van der Waals surface area contributed by atoms with Crippen molar-refractivity contribution in [2.45, 2.75) is 39.0 Å². The van der Waals surface area contributed by atoms with E-state index in [9.17, 15) is 4.79 Å². The topological polar surface area (TPSA) is 81.2 Å². The SMILES string of the molecule is Cc1nc2cc(NC(=O)CCCCCCN)ccc2o1. The van der Waals surface area contributed by atoms with Gasteiger partial charge in [0.25, 0.3) is 0 Å². The fourth-order valence-corrected chi connectivity index (χ4v) is 2.13. The molecule has 0 saturated carbocycles. The summed E-state index contributed by atoms with van der Waals surface area (Å²) in [4.78, 5) is 16.1. The summed E-state index contributed by atoms with van der Waals surface area (Å²) in [5.41, 5.74) is 7.69. The van der Waals surface area contributed by atoms with Gasteiger partial charge in [0.1, 0.15) is 5.52 Å². The Morgan fingerprint density at radius 3 is 2.90 bits per heavy atom. The van der Waals surface area contributed by atoms with Crippen LogP contribution in [0, 0.1) is 6.92 Å². The van der Waals surface area contributed by atoms with Crippen LogP contribution < -0.4 is 11.1 Å². The number of oxazole rings is 1. The Kier molecular flexibility index (Phi) is 5.12. The number of nitrogens with zero attached hydrogens (tertiary/aromatic N) is 1. The molecule has 1 aromatic carbocycles. The van der Waals surface area contributed by atoms with Crippen LogP contribution in [0.2, 0.25) is 0 Å². The fourth-order valence-electron chi connectivity index (χ4n) is 2.13. The van der Waals surface area contributed by atoms with Crippen LogP contribution in [-0.2, 0) is 4.79 Å². The first-order chi connectivity index (χ1) is 9.69. The number of rotatable bonds is 7. The van der Waals surface area contributed by atoms with E-state index in [0.29, 0.717) is 12.3 Å². The molecule has 0 aliphatic rings. The largest absolute Gasteiger partial charge is 0.441 e. The van der Waals surface area contributed by atoms with Gasteiger partial charge in [0.2, 0.25) is 5.91 Å². The Morgan fingerprint density at radius 1 is 1.30 bits per heavy atom. The lowest BCUT2D eigenvalue weighted by atomic mass is 10.1. The number of nitrogens with one attached hydrogen (secondary N) is 1. The number of fused-ring (bicyclic) bond motifs is 1. The average Bonchev–Trinajstić information content (AvgIpc) is 2.78. The zero-order valence-corrected chi connectivity index (χ0v) is 11.8. The third-order valence-corrected chi connectivity index (χ3v) is 3.14. The fraction of sp³-hybridized carbons (Fsp3) is 0.467. The van der Waals surface area contributed by atoms with Gasteiger partial charge < -0.3 is 15.5 Å². The highest BCUT2D eigenvalue weighted by molar-refractivity contribution is 5.92. The normalized spacial score (nSPS) is 10.9. The van der Waals surface area contributed by atoms with Gasteiger partial charge in [0.15, 0.2) is 11.5 Å². The number of carbonyl (C=O) groups is 1. The molecule has 1 heterocycles. The lowest BCUT2D eigenvalue weighted by Crippen LogP contribution is -2.11. The number of unbranched alkanes of at least 4 members (excludes halogenated alkanes) is 3. The molecule has 5 heteroatoms. The van der Waals surface area contributed by atoms with Crippen LogP contribution in [0.25, 0.3) is 11.1 Å². The van der Waals surface area contributed by atoms with Crippen molar-refractivity contribution in [3.8, 4) is 0 Å². The molecular weight excluding hydrogens is 254 g/mol. The highest BCUT2D eigenvalue weighted by atomic mass is 16.3. The smallest absolute Gasteiger partial charge is 0.224 e. The molecule has 0 bridgehead atoms. The minimum absolute atomic E-state index is 0.0392. The molecule has 0 saturated heterocycles. The third-order valence-electron chi connectivity index (χ3n) is 3.14. The van der Waals surface area contributed by atoms with E-state index in [1.165, 1.54) is 0 Å². The van der Waals surface area contributed by atoms with Crippen molar-refractivity contribution in [1.29, 1.82) is 0 Å². The predicted molar refractivity (Wildman–Crippen MR) is 79.5 cm³/mol. The molecule has 108 valence electrons. The predicted octanol–water partition coefficient (Wildman–Crippen LogP) is 2.98. The van der Waals surface area contributed by atoms with Crippen molar-refractivity contribution in [3.63, 3.8) is 0 Å². The summed E-state index contributed by atoms with van der Waals surface area (Å²) in [6, 6.07) is 5.49. The van der Waals surface area contributed by atoms with Gasteiger partial charge in [-0.3, -0.25) is 4.79 Å². The van der Waals surface area contributed by atoms with Crippen LogP contribution in [0.3, 0.4) is 0 Å². The van der Waals surface area contributed by atoms with Crippen LogP contribution in [0.5, 0.6) is 0 Å². The molecule has 5 nitrogen and oxygen atoms in total. The van der Waals surface area contributed by atoms with Crippen molar-refractivity contribution < 1.29 is 9.21 Å². The summed E-state index contributed by atoms with van der Waals surface area (Å²) in [7, 11) is 0. The number of amides is 1. The molecule has 1 aromatic heterocycles. The molecule has 1 amide bonds. The van der Waals surface area contributed by atoms with Crippen LogP contribution in [0.1, 0.15) is 38.0 Å². The lowest BCUT2D eigenvalue weighted by molar-refractivity contribution is -0.116. The van der Waals surface area contributed by atoms with Crippen molar-refractivity contribution >= 4 is 22.7 Å². The van der Waals surface area contributed by atoms with Gasteiger partial charge in [-0.05, 0) is 37.6 Å². The summed E-state index contributed by atoms with van der Waals surface area (Å²) in [6.07, 6.45) is 4.61. The molecule has 0 radical (unpaired) electrons. The maximum absolute atomic E-state index is 11.8. The zero-order valence-electron chi connectivity index (χ0n) is 11.8. The minimum atomic E-state index is 0.0392. The molecule has 20 heavy (non-hydrogen) atoms. The second-order valence-electron chi connectivity index (χ2n) is 4.92. The highest BCUT2D eigenvalue weighted by Crippen LogP contribution is 2.19. The van der Waals surface area contributed by atoms with Crippen molar-refractivity contribution in [2.75, 3.05) is 11.9 Å². The first-order valence-corrected chi connectivity index (χ1v) is 7.06. The van der Waals surface area contributed by atoms with Crippen molar-refractivity contribution in [3.05, 3.63) is 24.1 Å². The zero-order chi connectivity index (χ0) is 14.4. The molecule has 2 rings (SSSR count). The van der Waals surface area contributed by atoms with E-state index >= 15 is 0 Å². The Balaban J connectivity index is 1.83. The molecule has 3 N–H and O–H groups in total. The van der Waals surface area contributed by atoms with Gasteiger partial charge >= 0.3 is 0 Å². The van der Waals surface area contributed by atoms with Gasteiger partial charge in [-0.2, -0.15) is 0 Å². The Morgan fingerprint density at radius 2 is 2.10 bits per heavy atom. The summed E-state index contributed by atoms with van der Waals surface area (Å²) in [5.74, 6) is 0.667. The van der Waals surface area contributed by atoms with E-state index in [0.717, 1.165) is 49.0 Å². The summed E-state index contributed by atoms with van der Waals surface area (Å²) in [6.45, 7) is 2.53. The number of carbonyl (C=O) groups excluding carboxylic acids is 1. The Hall–Kier alpha value is -1.88. The summed E-state index contributed by atoms with van der Waals surface area (Å²) >= 11 is 0. The van der Waals surface area contributed by atoms with Crippen molar-refractivity contribution in [2.24, 2.45) is 5.73 Å². The quantitative estimate of drug-likeness (QED) is 0.761. The summed E-state index contributed by atoms with van der Waals surface area (Å²) in [5, 5.41) is 2.89. The van der Waals surface area contributed by atoms with E-state index < -0.39 is 0 Å². The van der Waals surface area contributed by atoms with Gasteiger partial charge in [-0.15, -0.1) is 0 Å². The van der Waals surface area contributed by atoms with Crippen LogP contribution in [0.15, 0.2) is 22.6 Å². The lowest BCUT2D eigenvalue weighted by Gasteiger charge is -2.04. The number of aromatic nitrogens is 1. The summed E-state index contributed by atoms with van der Waals surface area (Å²) < 4.78 is 5.40. The van der Waals surface area contributed by atoms with E-state index in [-0.39, 0.29) is 5.91 Å². The van der Waals surface area contributed by atoms with Gasteiger partial charge in [0, 0.05) is 19.0 Å². The Labute approximate surface area is 118 Å². The van der Waals surface area contributed by atoms with E-state index in [1.54, 1.807) is 6.92 Å². The molecule has 0 spiro atoms. The first-order valence-electron chi connectivity index (χ1n) is 7.06. The number of aryl methyl sites for hydroxylation is 1. The van der Waals surface area contributed by atoms with Crippen LogP contribution >= 0.6 is 0 Å². The Bertz CT molecular complexity index is 578. The van der Waals surface area contributed by atoms with Gasteiger partial charge in [0.05, 0.1) is 0 Å². The first kappa shape index (κ1) is 14.5. The average molecular weight is 275 g/mol. The molecule has 0 fully saturated rings. The standard InChI is InChI=1S/C15H21N3O2/c1-11-17-13-10-12(7-8-14(13)20-11)18-15(19)6-4-2-3-5-9-16/h7-8,10H,2-6,9,16H2,1H3,(H,18,19). The second-order valence-corrected chi connectivity index (χ2v) is 4.92. The highest BCUT2D eigenvalue weighted by Gasteiger charge is 2.06. The number of nitrogens with two attached hydrogens (primary N) is 1. The number of anilines is 1. The molecular formula is C15H21N3O2. The molecule has 0 aliphatic carbocycles. The molecule has 2 aromatic rings. The number of benzene rings is 1. The van der Waals surface area contributed by atoms with E-state index in [2.05, 4.69) is 10.3 Å². The monoisotopic (exact) mass is 275 g/mol. The minimum Gasteiger partial charge on any atom is -0.441 e. The second kappa shape index (κ2) is 7.05. The molecule has 0 atom stereocenters.